The number of hydrogen-bond donors (Lipinski definition) is 15. The second kappa shape index (κ2) is 44.1. The number of amides is 12. The Morgan fingerprint density at radius 1 is 0.663 bits per heavy atom. The van der Waals surface area contributed by atoms with Crippen LogP contribution in [-0.4, -0.2) is 189 Å². The number of carbonyl (C=O) groups excluding carboxylic acids is 14. The number of H-pyrrole nitrogens is 1. The van der Waals surface area contributed by atoms with Crippen molar-refractivity contribution in [2.75, 3.05) is 18.8 Å². The van der Waals surface area contributed by atoms with Gasteiger partial charge < -0.3 is 100 Å². The molecule has 0 bridgehead atoms. The van der Waals surface area contributed by atoms with Crippen molar-refractivity contribution < 1.29 is 96.8 Å². The maximum absolute atomic E-state index is 14.9. The van der Waals surface area contributed by atoms with Gasteiger partial charge in [-0.1, -0.05) is 105 Å². The molecule has 35 heteroatoms. The number of nitrogens with two attached hydrogens (primary N) is 3. The minimum atomic E-state index is -2.01. The van der Waals surface area contributed by atoms with Gasteiger partial charge in [0.1, 0.15) is 66.5 Å². The third-order valence-corrected chi connectivity index (χ3v) is 18.6. The van der Waals surface area contributed by atoms with Gasteiger partial charge in [-0.3, -0.25) is 62.5 Å². The molecule has 1 aromatic carbocycles. The topological polar surface area (TPSA) is 537 Å². The van der Waals surface area contributed by atoms with Crippen molar-refractivity contribution in [1.82, 2.24) is 68.5 Å². The molecule has 18 N–H and O–H groups in total. The predicted octanol–water partition coefficient (Wildman–Crippen LogP) is -4.35. The van der Waals surface area contributed by atoms with Crippen molar-refractivity contribution in [2.45, 2.75) is 224 Å². The van der Waals surface area contributed by atoms with Crippen LogP contribution in [0.2, 0.25) is 0 Å². The monoisotopic (exact) mass is 1480 g/mol. The zero-order chi connectivity index (χ0) is 74.3. The Balaban J connectivity index is 0.0000265. The van der Waals surface area contributed by atoms with E-state index in [4.69, 9.17) is 17.2 Å². The number of nitrogens with zero attached hydrogens (tertiary/aromatic N) is 2. The second-order valence-corrected chi connectivity index (χ2v) is 27.0. The first kappa shape index (κ1) is 86.8. The van der Waals surface area contributed by atoms with Crippen molar-refractivity contribution >= 4 is 99.6 Å². The van der Waals surface area contributed by atoms with Crippen LogP contribution in [0.4, 0.5) is 0 Å². The summed E-state index contributed by atoms with van der Waals surface area (Å²) in [5.74, 6) is -16.2. The molecule has 6 unspecified atom stereocenters. The maximum Gasteiger partial charge on any atom is 2.00 e. The van der Waals surface area contributed by atoms with Crippen LogP contribution in [0.1, 0.15) is 150 Å². The normalized spacial score (nSPS) is 22.9. The molecule has 3 heterocycles. The van der Waals surface area contributed by atoms with Gasteiger partial charge in [-0.05, 0) is 87.1 Å². The average Bonchev–Trinajstić information content (AvgIpc) is 1.83. The van der Waals surface area contributed by atoms with E-state index in [1.807, 2.05) is 13.8 Å². The summed E-state index contributed by atoms with van der Waals surface area (Å²) in [5.41, 5.74) is 18.7. The standard InChI is InChI=1S/C66H103N17O16S.Zn/c1-9-35(6)52(69)66-81-48(32-100-66)63(97)76-43(26-34(4)5)59(93)74-42(22-23-50(85)86)58(92)83-53(36(7)10-2)64(98)75-40-20-15-16-25-71-55(89)46(29-49(68)84)78-62(96)47(30-51(87)88)79-61(95)45(28-39-31-70-33-72-39)77-60(94)44(27-38-18-13-12-14-19-38)80-65(99)54(37(8)11-3)82-57(91)41(21-17-24-67)73-56(40)90;/h12-14,18-19,31,33-37,40-48,52-54H,9-11,15-17,20-30,32,67,69H2,1-8H3,(H2,68,84)(H,70,72)(H,71,89)(H,73,90)(H,74,93)(H,75,98)(H,76,97)(H,77,94)(H,78,96)(H,79,95)(H,80,99)(H,82,91)(H,83,92)(H,85,86)(H,87,88);/q;+2/p-2/t35?,36-,37-,40-,41+,42+,43-,44+,45?,46?,47+,48?,52?,53-,54?;/m0./s1. The Morgan fingerprint density at radius 3 is 1.84 bits per heavy atom. The number of thioether (sulfide) groups is 1. The molecule has 15 atom stereocenters. The van der Waals surface area contributed by atoms with E-state index in [1.165, 1.54) is 24.3 Å². The van der Waals surface area contributed by atoms with Gasteiger partial charge in [0.25, 0.3) is 0 Å². The summed E-state index contributed by atoms with van der Waals surface area (Å²) in [7, 11) is 0. The Labute approximate surface area is 605 Å². The first-order valence-electron chi connectivity index (χ1n) is 34.1. The Morgan fingerprint density at radius 2 is 1.26 bits per heavy atom. The van der Waals surface area contributed by atoms with Crippen LogP contribution in [0, 0.1) is 23.7 Å². The van der Waals surface area contributed by atoms with Crippen molar-refractivity contribution in [3.63, 3.8) is 0 Å². The van der Waals surface area contributed by atoms with Crippen molar-refractivity contribution in [1.29, 1.82) is 0 Å². The van der Waals surface area contributed by atoms with Crippen LogP contribution in [0.3, 0.4) is 0 Å². The van der Waals surface area contributed by atoms with E-state index in [-0.39, 0.29) is 120 Å². The molecule has 2 aliphatic rings. The van der Waals surface area contributed by atoms with E-state index in [1.54, 1.807) is 71.9 Å². The van der Waals surface area contributed by atoms with E-state index in [0.717, 1.165) is 6.42 Å². The SMILES string of the molecule is CCC(C)C(N)C1=NC(C(=O)N[C@@H](CC(C)C)C(=O)N[C@H](CCC(=O)[O-])C(=O)N[C@H](C(=O)N[C@H]2CCCCNC(=O)C(CC(N)=O)NC(=O)[C@@H](CC(=O)[O-])NC(=O)C(Cc3cnc[nH]3)NC(=O)[C@@H](Cc3ccccc3)NC(=O)C([C@@H](C)CC)NC(=O)[C@@H](CCCN)NC2=O)[C@@H](C)CC)CS1.[Zn+2]. The van der Waals surface area contributed by atoms with Crippen molar-refractivity contribution in [3.8, 4) is 0 Å². The fourth-order valence-electron chi connectivity index (χ4n) is 10.8. The van der Waals surface area contributed by atoms with Gasteiger partial charge in [0, 0.05) is 55.4 Å². The minimum absolute atomic E-state index is 0. The zero-order valence-corrected chi connectivity index (χ0v) is 62.6. The molecule has 2 aliphatic heterocycles. The van der Waals surface area contributed by atoms with E-state index in [9.17, 15) is 77.3 Å². The predicted molar refractivity (Wildman–Crippen MR) is 364 cm³/mol. The first-order chi connectivity index (χ1) is 47.4. The van der Waals surface area contributed by atoms with Crippen LogP contribution >= 0.6 is 11.8 Å². The number of hydrogen-bond acceptors (Lipinski definition) is 21. The largest absolute Gasteiger partial charge is 2.00 e. The number of rotatable bonds is 31. The number of imidazole rings is 1. The Bertz CT molecular complexity index is 3170. The number of carboxylic acids is 2. The smallest absolute Gasteiger partial charge is 0.550 e. The summed E-state index contributed by atoms with van der Waals surface area (Å²) in [6, 6.07) is -8.63. The van der Waals surface area contributed by atoms with Gasteiger partial charge in [-0.25, -0.2) is 4.98 Å². The summed E-state index contributed by atoms with van der Waals surface area (Å²) >= 11 is 1.34. The molecule has 2 aromatic rings. The molecule has 4 rings (SSSR count). The average molecular weight is 1490 g/mol. The van der Waals surface area contributed by atoms with Gasteiger partial charge in [0.15, 0.2) is 0 Å². The van der Waals surface area contributed by atoms with Crippen LogP contribution in [0.25, 0.3) is 0 Å². The van der Waals surface area contributed by atoms with Gasteiger partial charge in [0.05, 0.1) is 23.8 Å². The number of aliphatic carboxylic acids is 2. The first-order valence-corrected chi connectivity index (χ1v) is 35.0. The molecule has 101 heavy (non-hydrogen) atoms. The Kier molecular flexibility index (Phi) is 37.9. The van der Waals surface area contributed by atoms with Crippen LogP contribution in [-0.2, 0) is 99.4 Å². The minimum Gasteiger partial charge on any atom is -0.550 e. The van der Waals surface area contributed by atoms with Gasteiger partial charge in [0.2, 0.25) is 70.9 Å². The molecular formula is C66H101N17O16SZn. The molecule has 0 aliphatic carbocycles. The molecule has 0 saturated carbocycles. The molecule has 554 valence electrons. The maximum atomic E-state index is 14.9. The molecule has 1 fully saturated rings. The van der Waals surface area contributed by atoms with Crippen molar-refractivity contribution in [3.05, 3.63) is 54.1 Å². The summed E-state index contributed by atoms with van der Waals surface area (Å²) in [4.78, 5) is 206. The van der Waals surface area contributed by atoms with Gasteiger partial charge in [-0.2, -0.15) is 0 Å². The number of nitrogens with one attached hydrogen (secondary N) is 12. The van der Waals surface area contributed by atoms with E-state index in [0.29, 0.717) is 10.6 Å². The summed E-state index contributed by atoms with van der Waals surface area (Å²) in [5, 5.41) is 53.2. The third kappa shape index (κ3) is 29.2. The van der Waals surface area contributed by atoms with E-state index < -0.39 is 193 Å². The molecule has 1 saturated heterocycles. The number of carbonyl (C=O) groups is 14. The van der Waals surface area contributed by atoms with Crippen molar-refractivity contribution in [2.24, 2.45) is 45.9 Å². The zero-order valence-electron chi connectivity index (χ0n) is 58.8. The molecule has 33 nitrogen and oxygen atoms in total. The fraction of sp³-hybridized carbons (Fsp3) is 0.636. The number of benzene rings is 1. The molecular weight excluding hydrogens is 1380 g/mol. The Hall–Kier alpha value is -8.43. The van der Waals surface area contributed by atoms with Gasteiger partial charge in [-0.15, -0.1) is 11.8 Å². The molecule has 0 spiro atoms. The molecule has 1 aromatic heterocycles. The number of carboxylic acid groups (broad SMARTS) is 2. The number of primary amides is 1. The summed E-state index contributed by atoms with van der Waals surface area (Å²) < 4.78 is 0. The second-order valence-electron chi connectivity index (χ2n) is 25.9. The fourth-order valence-corrected chi connectivity index (χ4v) is 12.0. The van der Waals surface area contributed by atoms with Crippen LogP contribution in [0.5, 0.6) is 0 Å². The van der Waals surface area contributed by atoms with Gasteiger partial charge >= 0.3 is 19.5 Å². The van der Waals surface area contributed by atoms with Crippen LogP contribution in [0.15, 0.2) is 47.8 Å². The summed E-state index contributed by atoms with van der Waals surface area (Å²) in [6.45, 7) is 14.0. The molecule has 0 radical (unpaired) electrons. The quantitative estimate of drug-likeness (QED) is 0.0317. The number of aromatic nitrogens is 2. The molecule has 12 amide bonds. The van der Waals surface area contributed by atoms with Crippen LogP contribution < -0.4 is 85.9 Å². The summed E-state index contributed by atoms with van der Waals surface area (Å²) in [6.07, 6.45) is -0.0833. The van der Waals surface area contributed by atoms with E-state index >= 15 is 0 Å². The third-order valence-electron chi connectivity index (χ3n) is 17.5. The number of aromatic amines is 1. The van der Waals surface area contributed by atoms with E-state index in [2.05, 4.69) is 73.4 Å². The number of aliphatic imine (C=N–C) groups is 1.